The first kappa shape index (κ1) is 20.5. The molecule has 0 bridgehead atoms. The molecule has 0 radical (unpaired) electrons. The predicted molar refractivity (Wildman–Crippen MR) is 95.9 cm³/mol. The zero-order chi connectivity index (χ0) is 19.0. The number of carboxylic acids is 2. The molecule has 1 amide bonds. The van der Waals surface area contributed by atoms with Crippen molar-refractivity contribution in [3.05, 3.63) is 17.0 Å². The molecule has 1 aromatic heterocycles. The number of anilines is 1. The minimum atomic E-state index is -1.55. The van der Waals surface area contributed by atoms with Gasteiger partial charge in [-0.15, -0.1) is 17.8 Å². The van der Waals surface area contributed by atoms with E-state index in [0.29, 0.717) is 16.4 Å². The number of aliphatic carboxylic acids is 2. The van der Waals surface area contributed by atoms with Crippen LogP contribution >= 0.6 is 11.3 Å². The lowest BCUT2D eigenvalue weighted by molar-refractivity contribution is -0.151. The van der Waals surface area contributed by atoms with Gasteiger partial charge in [0.15, 0.2) is 0 Å². The molecule has 1 rings (SSSR count). The lowest BCUT2D eigenvalue weighted by atomic mass is 9.88. The third-order valence-electron chi connectivity index (χ3n) is 3.99. The predicted octanol–water partition coefficient (Wildman–Crippen LogP) is 2.35. The maximum Gasteiger partial charge on any atom is 0.329 e. The van der Waals surface area contributed by atoms with E-state index in [-0.39, 0.29) is 25.8 Å². The molecule has 1 aromatic rings. The number of hydrogen-bond donors (Lipinski definition) is 3. The second-order valence-electron chi connectivity index (χ2n) is 5.36. The molecule has 3 N–H and O–H groups in total. The van der Waals surface area contributed by atoms with E-state index in [1.165, 1.54) is 16.2 Å². The van der Waals surface area contributed by atoms with Gasteiger partial charge in [0.2, 0.25) is 0 Å². The number of nitrogens with one attached hydrogen (secondary N) is 1. The number of carbonyl (C=O) groups excluding carboxylic acids is 1. The van der Waals surface area contributed by atoms with Crippen LogP contribution < -0.4 is 5.32 Å². The van der Waals surface area contributed by atoms with Gasteiger partial charge < -0.3 is 20.4 Å². The number of amides is 1. The summed E-state index contributed by atoms with van der Waals surface area (Å²) in [5.41, 5.74) is -1.55. The average Bonchev–Trinajstić information content (AvgIpc) is 3.04. The van der Waals surface area contributed by atoms with Crippen LogP contribution in [0.15, 0.2) is 12.1 Å². The van der Waals surface area contributed by atoms with Crippen molar-refractivity contribution in [2.75, 3.05) is 18.4 Å². The summed E-state index contributed by atoms with van der Waals surface area (Å²) in [6.07, 6.45) is 4.81. The number of terminal acetylenes is 1. The Balaban J connectivity index is 3.15. The number of nitrogens with zero attached hydrogens (tertiary/aromatic N) is 1. The van der Waals surface area contributed by atoms with Crippen molar-refractivity contribution in [3.63, 3.8) is 0 Å². The van der Waals surface area contributed by atoms with Gasteiger partial charge >= 0.3 is 11.9 Å². The van der Waals surface area contributed by atoms with Crippen molar-refractivity contribution in [2.24, 2.45) is 0 Å². The Kier molecular flexibility index (Phi) is 7.45. The highest BCUT2D eigenvalue weighted by Crippen LogP contribution is 2.31. The second-order valence-corrected chi connectivity index (χ2v) is 6.44. The topological polar surface area (TPSA) is 107 Å². The summed E-state index contributed by atoms with van der Waals surface area (Å²) in [6.45, 7) is 3.79. The van der Waals surface area contributed by atoms with Gasteiger partial charge in [-0.1, -0.05) is 12.8 Å². The number of thiophene rings is 1. The Bertz CT molecular complexity index is 679. The van der Waals surface area contributed by atoms with Crippen molar-refractivity contribution < 1.29 is 24.6 Å². The molecule has 1 heterocycles. The molecule has 1 atom stereocenters. The van der Waals surface area contributed by atoms with Crippen LogP contribution in [0, 0.1) is 12.3 Å². The van der Waals surface area contributed by atoms with Crippen LogP contribution in [0.3, 0.4) is 0 Å². The van der Waals surface area contributed by atoms with Crippen LogP contribution in [-0.2, 0) is 9.59 Å². The summed E-state index contributed by atoms with van der Waals surface area (Å²) in [5, 5.41) is 22.3. The number of rotatable bonds is 10. The standard InChI is InChI=1S/C17H22N2O5S/c1-4-11-18-13-8-7-12(25-13)15(22)19(6-3)17(5-2,16(23)24)10-9-14(20)21/h1,7-8,18H,5-6,9-11H2,2-3H3,(H,20,21)(H,23,24)/t17-/m0/s1. The fourth-order valence-electron chi connectivity index (χ4n) is 2.65. The van der Waals surface area contributed by atoms with Crippen LogP contribution in [0.2, 0.25) is 0 Å². The zero-order valence-electron chi connectivity index (χ0n) is 14.2. The Hall–Kier alpha value is -2.53. The summed E-state index contributed by atoms with van der Waals surface area (Å²) in [4.78, 5) is 37.3. The molecule has 25 heavy (non-hydrogen) atoms. The highest BCUT2D eigenvalue weighted by molar-refractivity contribution is 7.17. The maximum atomic E-state index is 12.9. The fourth-order valence-corrected chi connectivity index (χ4v) is 3.50. The molecule has 8 heteroatoms. The summed E-state index contributed by atoms with van der Waals surface area (Å²) < 4.78 is 0. The molecule has 0 aliphatic heterocycles. The lowest BCUT2D eigenvalue weighted by Crippen LogP contribution is -2.56. The molecular weight excluding hydrogens is 344 g/mol. The monoisotopic (exact) mass is 366 g/mol. The Morgan fingerprint density at radius 3 is 2.48 bits per heavy atom. The summed E-state index contributed by atoms with van der Waals surface area (Å²) in [6, 6.07) is 3.31. The van der Waals surface area contributed by atoms with Crippen LogP contribution in [0.1, 0.15) is 42.8 Å². The van der Waals surface area contributed by atoms with E-state index >= 15 is 0 Å². The molecule has 0 unspecified atom stereocenters. The smallest absolute Gasteiger partial charge is 0.329 e. The van der Waals surface area contributed by atoms with E-state index in [4.69, 9.17) is 11.5 Å². The normalized spacial score (nSPS) is 12.7. The van der Waals surface area contributed by atoms with E-state index in [9.17, 15) is 19.5 Å². The van der Waals surface area contributed by atoms with Gasteiger partial charge in [-0.2, -0.15) is 0 Å². The van der Waals surface area contributed by atoms with Gasteiger partial charge in [0.1, 0.15) is 5.54 Å². The Morgan fingerprint density at radius 2 is 2.00 bits per heavy atom. The van der Waals surface area contributed by atoms with Crippen molar-refractivity contribution in [1.82, 2.24) is 4.90 Å². The van der Waals surface area contributed by atoms with Crippen molar-refractivity contribution >= 4 is 34.2 Å². The number of carboxylic acid groups (broad SMARTS) is 2. The SMILES string of the molecule is C#CCNc1ccc(C(=O)N(CC)[C@@](CC)(CCC(=O)O)C(=O)O)s1. The third kappa shape index (κ3) is 4.73. The molecule has 0 spiro atoms. The van der Waals surface area contributed by atoms with Gasteiger partial charge in [-0.3, -0.25) is 9.59 Å². The van der Waals surface area contributed by atoms with Crippen LogP contribution in [-0.4, -0.2) is 51.6 Å². The number of likely N-dealkylation sites (N-methyl/N-ethyl adjacent to an activating group) is 1. The molecule has 136 valence electrons. The molecule has 0 saturated carbocycles. The molecule has 0 aromatic carbocycles. The van der Waals surface area contributed by atoms with Crippen LogP contribution in [0.4, 0.5) is 5.00 Å². The summed E-state index contributed by atoms with van der Waals surface area (Å²) in [7, 11) is 0. The van der Waals surface area contributed by atoms with E-state index in [0.717, 1.165) is 0 Å². The van der Waals surface area contributed by atoms with Crippen LogP contribution in [0.5, 0.6) is 0 Å². The summed E-state index contributed by atoms with van der Waals surface area (Å²) in [5.74, 6) is -0.301. The van der Waals surface area contributed by atoms with E-state index in [1.54, 1.807) is 26.0 Å². The second kappa shape index (κ2) is 9.08. The zero-order valence-corrected chi connectivity index (χ0v) is 15.1. The van der Waals surface area contributed by atoms with Crippen molar-refractivity contribution in [2.45, 2.75) is 38.6 Å². The molecule has 7 nitrogen and oxygen atoms in total. The van der Waals surface area contributed by atoms with Gasteiger partial charge in [-0.25, -0.2) is 4.79 Å². The average molecular weight is 366 g/mol. The highest BCUT2D eigenvalue weighted by atomic mass is 32.1. The lowest BCUT2D eigenvalue weighted by Gasteiger charge is -2.39. The fraction of sp³-hybridized carbons (Fsp3) is 0.471. The first-order valence-electron chi connectivity index (χ1n) is 7.86. The molecule has 0 aliphatic rings. The van der Waals surface area contributed by atoms with Crippen LogP contribution in [0.25, 0.3) is 0 Å². The Labute approximate surface area is 150 Å². The molecule has 0 fully saturated rings. The first-order valence-corrected chi connectivity index (χ1v) is 8.68. The maximum absolute atomic E-state index is 12.9. The molecular formula is C17H22N2O5S. The van der Waals surface area contributed by atoms with Gasteiger partial charge in [-0.05, 0) is 31.9 Å². The van der Waals surface area contributed by atoms with E-state index in [1.807, 2.05) is 0 Å². The van der Waals surface area contributed by atoms with Crippen molar-refractivity contribution in [3.8, 4) is 12.3 Å². The van der Waals surface area contributed by atoms with Gasteiger partial charge in [0.05, 0.1) is 16.4 Å². The highest BCUT2D eigenvalue weighted by Gasteiger charge is 2.45. The molecule has 0 aliphatic carbocycles. The quantitative estimate of drug-likeness (QED) is 0.549. The number of hydrogen-bond acceptors (Lipinski definition) is 5. The third-order valence-corrected chi connectivity index (χ3v) is 5.03. The van der Waals surface area contributed by atoms with E-state index < -0.39 is 23.4 Å². The van der Waals surface area contributed by atoms with Crippen molar-refractivity contribution in [1.29, 1.82) is 0 Å². The van der Waals surface area contributed by atoms with E-state index in [2.05, 4.69) is 11.2 Å². The van der Waals surface area contributed by atoms with Gasteiger partial charge in [0, 0.05) is 13.0 Å². The minimum absolute atomic E-state index is 0.114. The first-order chi connectivity index (χ1) is 11.8. The number of carbonyl (C=O) groups is 3. The summed E-state index contributed by atoms with van der Waals surface area (Å²) >= 11 is 1.18. The molecule has 0 saturated heterocycles. The van der Waals surface area contributed by atoms with Gasteiger partial charge in [0.25, 0.3) is 5.91 Å². The minimum Gasteiger partial charge on any atom is -0.481 e. The largest absolute Gasteiger partial charge is 0.481 e. The Morgan fingerprint density at radius 1 is 1.32 bits per heavy atom.